The largest absolute Gasteiger partial charge is 0.368 e. The van der Waals surface area contributed by atoms with Crippen molar-refractivity contribution in [1.29, 1.82) is 0 Å². The summed E-state index contributed by atoms with van der Waals surface area (Å²) in [5.41, 5.74) is 0.989. The first-order valence-corrected chi connectivity index (χ1v) is 6.80. The van der Waals surface area contributed by atoms with Gasteiger partial charge in [-0.3, -0.25) is 4.79 Å². The first-order chi connectivity index (χ1) is 10.3. The van der Waals surface area contributed by atoms with Gasteiger partial charge in [-0.05, 0) is 11.6 Å². The van der Waals surface area contributed by atoms with Crippen LogP contribution in [0.5, 0.6) is 0 Å². The summed E-state index contributed by atoms with van der Waals surface area (Å²) in [7, 11) is 0. The average molecular weight is 290 g/mol. The molecule has 0 saturated carbocycles. The molecule has 2 aromatic rings. The topological polar surface area (TPSA) is 104 Å². The molecule has 2 aliphatic rings. The van der Waals surface area contributed by atoms with Crippen molar-refractivity contribution in [2.45, 2.75) is 31.7 Å². The van der Waals surface area contributed by atoms with Gasteiger partial charge in [0.05, 0.1) is 30.6 Å². The van der Waals surface area contributed by atoms with Crippen LogP contribution in [0.15, 0.2) is 12.5 Å². The van der Waals surface area contributed by atoms with Crippen molar-refractivity contribution in [3.05, 3.63) is 18.2 Å². The summed E-state index contributed by atoms with van der Waals surface area (Å²) in [5, 5.41) is 19.2. The molecule has 2 atom stereocenters. The van der Waals surface area contributed by atoms with Gasteiger partial charge in [-0.1, -0.05) is 5.21 Å². The summed E-state index contributed by atoms with van der Waals surface area (Å²) in [4.78, 5) is 15.3. The summed E-state index contributed by atoms with van der Waals surface area (Å²) in [6.07, 6.45) is 3.80. The van der Waals surface area contributed by atoms with Crippen LogP contribution in [0, 0.1) is 0 Å². The third kappa shape index (κ3) is 2.17. The Labute approximate surface area is 119 Å². The number of likely N-dealkylation sites (tertiary alicyclic amines) is 1. The Bertz CT molecular complexity index is 638. The zero-order valence-electron chi connectivity index (χ0n) is 11.2. The number of rotatable bonds is 2. The number of aromatic nitrogens is 7. The molecule has 2 aliphatic heterocycles. The maximum Gasteiger partial charge on any atom is 0.246 e. The van der Waals surface area contributed by atoms with Gasteiger partial charge < -0.3 is 9.64 Å². The summed E-state index contributed by atoms with van der Waals surface area (Å²) in [6, 6.07) is 0.157. The quantitative estimate of drug-likeness (QED) is 0.672. The number of piperidine rings is 1. The molecule has 0 unspecified atom stereocenters. The van der Waals surface area contributed by atoms with Crippen molar-refractivity contribution < 1.29 is 9.53 Å². The molecule has 4 heterocycles. The van der Waals surface area contributed by atoms with E-state index in [9.17, 15) is 4.79 Å². The molecule has 0 aromatic carbocycles. The van der Waals surface area contributed by atoms with E-state index in [1.165, 1.54) is 11.1 Å². The number of ether oxygens (including phenoxy) is 1. The maximum atomic E-state index is 12.2. The molecule has 10 nitrogen and oxygen atoms in total. The standard InChI is InChI=1S/C11H14N8O2/c20-11(5-18-14-7-13-15-18)17-2-1-9-10(4-17)21-6-8-3-12-16-19(8)9/h3,7,9-10H,1-2,4-6H2/t9-,10-/m0/s1. The highest BCUT2D eigenvalue weighted by molar-refractivity contribution is 5.75. The lowest BCUT2D eigenvalue weighted by molar-refractivity contribution is -0.140. The Morgan fingerprint density at radius 3 is 3.19 bits per heavy atom. The normalized spacial score (nSPS) is 24.5. The van der Waals surface area contributed by atoms with Gasteiger partial charge in [-0.2, -0.15) is 4.80 Å². The molecule has 1 amide bonds. The van der Waals surface area contributed by atoms with Crippen LogP contribution in [0.2, 0.25) is 0 Å². The van der Waals surface area contributed by atoms with Crippen LogP contribution in [0.4, 0.5) is 0 Å². The van der Waals surface area contributed by atoms with Crippen LogP contribution in [0.1, 0.15) is 18.2 Å². The Morgan fingerprint density at radius 1 is 1.38 bits per heavy atom. The van der Waals surface area contributed by atoms with E-state index in [-0.39, 0.29) is 24.6 Å². The highest BCUT2D eigenvalue weighted by Gasteiger charge is 2.37. The van der Waals surface area contributed by atoms with Crippen molar-refractivity contribution >= 4 is 5.91 Å². The van der Waals surface area contributed by atoms with Crippen molar-refractivity contribution in [3.63, 3.8) is 0 Å². The van der Waals surface area contributed by atoms with Crippen molar-refractivity contribution in [2.24, 2.45) is 0 Å². The van der Waals surface area contributed by atoms with Crippen LogP contribution in [0.25, 0.3) is 0 Å². The second kappa shape index (κ2) is 4.88. The van der Waals surface area contributed by atoms with Gasteiger partial charge in [-0.15, -0.1) is 15.3 Å². The van der Waals surface area contributed by atoms with E-state index in [4.69, 9.17) is 4.74 Å². The number of hydrogen-bond acceptors (Lipinski definition) is 7. The van der Waals surface area contributed by atoms with E-state index in [1.807, 2.05) is 4.68 Å². The highest BCUT2D eigenvalue weighted by atomic mass is 16.5. The van der Waals surface area contributed by atoms with Crippen molar-refractivity contribution in [3.8, 4) is 0 Å². The van der Waals surface area contributed by atoms with Crippen LogP contribution >= 0.6 is 0 Å². The van der Waals surface area contributed by atoms with Crippen molar-refractivity contribution in [1.82, 2.24) is 40.1 Å². The minimum absolute atomic E-state index is 0.0283. The number of carbonyl (C=O) groups excluding carboxylic acids is 1. The molecule has 2 aromatic heterocycles. The van der Waals surface area contributed by atoms with Gasteiger partial charge in [0.1, 0.15) is 6.54 Å². The fourth-order valence-electron chi connectivity index (χ4n) is 2.90. The van der Waals surface area contributed by atoms with Gasteiger partial charge in [-0.25, -0.2) is 4.68 Å². The predicted octanol–water partition coefficient (Wildman–Crippen LogP) is -1.36. The molecule has 10 heteroatoms. The van der Waals surface area contributed by atoms with E-state index in [0.717, 1.165) is 12.1 Å². The number of amides is 1. The van der Waals surface area contributed by atoms with E-state index in [2.05, 4.69) is 25.7 Å². The average Bonchev–Trinajstić information content (AvgIpc) is 3.17. The lowest BCUT2D eigenvalue weighted by Gasteiger charge is -2.40. The van der Waals surface area contributed by atoms with E-state index in [1.54, 1.807) is 11.1 Å². The Balaban J connectivity index is 1.45. The Kier molecular flexibility index (Phi) is 2.88. The van der Waals surface area contributed by atoms with Crippen LogP contribution in [0.3, 0.4) is 0 Å². The number of carbonyl (C=O) groups is 1. The SMILES string of the molecule is O=C(Cn1ncnn1)N1CC[C@H]2[C@H](C1)OCc1cnnn12. The zero-order valence-corrected chi connectivity index (χ0v) is 11.2. The summed E-state index contributed by atoms with van der Waals surface area (Å²) >= 11 is 0. The van der Waals surface area contributed by atoms with Gasteiger partial charge in [0.2, 0.25) is 5.91 Å². The molecule has 110 valence electrons. The fraction of sp³-hybridized carbons (Fsp3) is 0.636. The first kappa shape index (κ1) is 12.4. The lowest BCUT2D eigenvalue weighted by atomic mass is 10.00. The number of hydrogen-bond donors (Lipinski definition) is 0. The zero-order chi connectivity index (χ0) is 14.2. The van der Waals surface area contributed by atoms with E-state index < -0.39 is 0 Å². The molecular weight excluding hydrogens is 276 g/mol. The minimum atomic E-state index is -0.0411. The molecule has 1 saturated heterocycles. The maximum absolute atomic E-state index is 12.2. The second-order valence-electron chi connectivity index (χ2n) is 5.18. The van der Waals surface area contributed by atoms with E-state index >= 15 is 0 Å². The van der Waals surface area contributed by atoms with Gasteiger partial charge in [0.15, 0.2) is 6.33 Å². The summed E-state index contributed by atoms with van der Waals surface area (Å²) in [6.45, 7) is 1.81. The molecule has 0 spiro atoms. The second-order valence-corrected chi connectivity index (χ2v) is 5.18. The minimum Gasteiger partial charge on any atom is -0.368 e. The van der Waals surface area contributed by atoms with Crippen LogP contribution in [-0.4, -0.2) is 65.2 Å². The third-order valence-electron chi connectivity index (χ3n) is 3.95. The lowest BCUT2D eigenvalue weighted by Crippen LogP contribution is -2.51. The van der Waals surface area contributed by atoms with Crippen molar-refractivity contribution in [2.75, 3.05) is 13.1 Å². The molecule has 1 fully saturated rings. The Hall–Kier alpha value is -2.36. The number of tetrazole rings is 1. The molecular formula is C11H14N8O2. The fourth-order valence-corrected chi connectivity index (χ4v) is 2.90. The van der Waals surface area contributed by atoms with Gasteiger partial charge >= 0.3 is 0 Å². The third-order valence-corrected chi connectivity index (χ3v) is 3.95. The molecule has 0 radical (unpaired) electrons. The smallest absolute Gasteiger partial charge is 0.246 e. The highest BCUT2D eigenvalue weighted by Crippen LogP contribution is 2.30. The Morgan fingerprint density at radius 2 is 2.33 bits per heavy atom. The summed E-state index contributed by atoms with van der Waals surface area (Å²) in [5.74, 6) is -0.0283. The van der Waals surface area contributed by atoms with Gasteiger partial charge in [0, 0.05) is 13.1 Å². The first-order valence-electron chi connectivity index (χ1n) is 6.80. The molecule has 4 rings (SSSR count). The number of fused-ring (bicyclic) bond motifs is 3. The predicted molar refractivity (Wildman–Crippen MR) is 66.7 cm³/mol. The van der Waals surface area contributed by atoms with Crippen LogP contribution < -0.4 is 0 Å². The molecule has 0 bridgehead atoms. The van der Waals surface area contributed by atoms with E-state index in [0.29, 0.717) is 19.7 Å². The summed E-state index contributed by atoms with van der Waals surface area (Å²) < 4.78 is 7.76. The van der Waals surface area contributed by atoms with Gasteiger partial charge in [0.25, 0.3) is 0 Å². The monoisotopic (exact) mass is 290 g/mol. The molecule has 0 N–H and O–H groups in total. The molecule has 21 heavy (non-hydrogen) atoms. The number of nitrogens with zero attached hydrogens (tertiary/aromatic N) is 8. The molecule has 0 aliphatic carbocycles. The van der Waals surface area contributed by atoms with Crippen LogP contribution in [-0.2, 0) is 22.7 Å².